The number of esters is 1. The summed E-state index contributed by atoms with van der Waals surface area (Å²) < 4.78 is 4.31. The maximum absolute atomic E-state index is 10.3. The lowest BCUT2D eigenvalue weighted by molar-refractivity contribution is -0.141. The molecule has 1 rings (SSSR count). The van der Waals surface area contributed by atoms with Gasteiger partial charge in [-0.1, -0.05) is 0 Å². The Bertz CT molecular complexity index is 191. The number of carboxylic acid groups (broad SMARTS) is 1. The topological polar surface area (TPSA) is 63.6 Å². The number of aliphatic carboxylic acids is 1. The van der Waals surface area contributed by atoms with Gasteiger partial charge in [-0.25, -0.2) is 9.59 Å². The van der Waals surface area contributed by atoms with Crippen LogP contribution >= 0.6 is 0 Å². The van der Waals surface area contributed by atoms with Crippen LogP contribution in [0.3, 0.4) is 0 Å². The molecule has 0 aromatic rings. The molecule has 0 saturated carbocycles. The van der Waals surface area contributed by atoms with Crippen LogP contribution in [-0.2, 0) is 14.3 Å². The van der Waals surface area contributed by atoms with E-state index in [9.17, 15) is 9.59 Å². The van der Waals surface area contributed by atoms with Crippen molar-refractivity contribution in [2.24, 2.45) is 0 Å². The zero-order valence-electron chi connectivity index (χ0n) is 4.46. The average molecular weight is 128 g/mol. The fourth-order valence-electron chi connectivity index (χ4n) is 0.536. The van der Waals surface area contributed by atoms with Crippen LogP contribution in [0.15, 0.2) is 11.6 Å². The Balaban J connectivity index is 2.80. The van der Waals surface area contributed by atoms with E-state index in [2.05, 4.69) is 4.74 Å². The van der Waals surface area contributed by atoms with Crippen LogP contribution in [0.1, 0.15) is 0 Å². The van der Waals surface area contributed by atoms with Crippen LogP contribution in [0.5, 0.6) is 0 Å². The SMILES string of the molecule is O=C(O)C1=CCOC1=O. The molecule has 0 bridgehead atoms. The minimum Gasteiger partial charge on any atom is -0.477 e. The number of carbonyl (C=O) groups excluding carboxylic acids is 1. The van der Waals surface area contributed by atoms with Crippen molar-refractivity contribution in [2.75, 3.05) is 6.61 Å². The quantitative estimate of drug-likeness (QED) is 0.384. The van der Waals surface area contributed by atoms with Gasteiger partial charge in [0.15, 0.2) is 0 Å². The van der Waals surface area contributed by atoms with Crippen LogP contribution in [0.4, 0.5) is 0 Å². The highest BCUT2D eigenvalue weighted by Crippen LogP contribution is 2.05. The van der Waals surface area contributed by atoms with Crippen LogP contribution in [0.25, 0.3) is 0 Å². The Kier molecular flexibility index (Phi) is 1.22. The van der Waals surface area contributed by atoms with Gasteiger partial charge in [0, 0.05) is 0 Å². The summed E-state index contributed by atoms with van der Waals surface area (Å²) in [5.74, 6) is -1.97. The third-order valence-electron chi connectivity index (χ3n) is 0.952. The Labute approximate surface area is 50.7 Å². The second kappa shape index (κ2) is 1.89. The van der Waals surface area contributed by atoms with Gasteiger partial charge in [-0.05, 0) is 6.08 Å². The molecular formula is C5H4O4. The van der Waals surface area contributed by atoms with Gasteiger partial charge in [0.1, 0.15) is 12.2 Å². The summed E-state index contributed by atoms with van der Waals surface area (Å²) in [6, 6.07) is 0. The summed E-state index contributed by atoms with van der Waals surface area (Å²) in [5.41, 5.74) is -0.269. The van der Waals surface area contributed by atoms with Crippen molar-refractivity contribution in [3.05, 3.63) is 11.6 Å². The molecule has 0 saturated heterocycles. The molecule has 4 nitrogen and oxygen atoms in total. The van der Waals surface area contributed by atoms with Crippen molar-refractivity contribution in [1.29, 1.82) is 0 Å². The number of hydrogen-bond donors (Lipinski definition) is 1. The molecule has 0 spiro atoms. The maximum Gasteiger partial charge on any atom is 0.345 e. The fourth-order valence-corrected chi connectivity index (χ4v) is 0.536. The second-order valence-electron chi connectivity index (χ2n) is 1.52. The number of cyclic esters (lactones) is 1. The van der Waals surface area contributed by atoms with Gasteiger partial charge in [0.05, 0.1) is 0 Å². The Morgan fingerprint density at radius 1 is 1.78 bits per heavy atom. The lowest BCUT2D eigenvalue weighted by atomic mass is 10.3. The van der Waals surface area contributed by atoms with Gasteiger partial charge in [-0.15, -0.1) is 0 Å². The van der Waals surface area contributed by atoms with Crippen molar-refractivity contribution in [2.45, 2.75) is 0 Å². The first-order valence-electron chi connectivity index (χ1n) is 2.32. The van der Waals surface area contributed by atoms with Gasteiger partial charge >= 0.3 is 11.9 Å². The molecule has 0 atom stereocenters. The van der Waals surface area contributed by atoms with Gasteiger partial charge in [-0.2, -0.15) is 0 Å². The first kappa shape index (κ1) is 5.81. The van der Waals surface area contributed by atoms with Crippen LogP contribution in [-0.4, -0.2) is 23.7 Å². The van der Waals surface area contributed by atoms with Gasteiger partial charge in [0.2, 0.25) is 0 Å². The van der Waals surface area contributed by atoms with E-state index < -0.39 is 11.9 Å². The van der Waals surface area contributed by atoms with Crippen molar-refractivity contribution >= 4 is 11.9 Å². The Morgan fingerprint density at radius 2 is 2.44 bits per heavy atom. The molecule has 1 aliphatic rings. The predicted octanol–water partition coefficient (Wildman–Crippen LogP) is -0.446. The van der Waals surface area contributed by atoms with Gasteiger partial charge < -0.3 is 9.84 Å². The number of hydrogen-bond acceptors (Lipinski definition) is 3. The predicted molar refractivity (Wildman–Crippen MR) is 26.7 cm³/mol. The summed E-state index contributed by atoms with van der Waals surface area (Å²) in [4.78, 5) is 20.4. The van der Waals surface area contributed by atoms with E-state index in [0.29, 0.717) is 0 Å². The number of rotatable bonds is 1. The molecule has 0 aromatic heterocycles. The molecule has 1 heterocycles. The Morgan fingerprint density at radius 3 is 2.67 bits per heavy atom. The first-order valence-corrected chi connectivity index (χ1v) is 2.32. The highest BCUT2D eigenvalue weighted by Gasteiger charge is 2.22. The van der Waals surface area contributed by atoms with E-state index in [1.54, 1.807) is 0 Å². The third kappa shape index (κ3) is 0.910. The largest absolute Gasteiger partial charge is 0.477 e. The van der Waals surface area contributed by atoms with E-state index in [1.165, 1.54) is 6.08 Å². The molecule has 0 radical (unpaired) electrons. The molecule has 1 aliphatic heterocycles. The standard InChI is InChI=1S/C5H4O4/c6-4(7)3-1-2-9-5(3)8/h1H,2H2,(H,6,7). The molecule has 48 valence electrons. The molecule has 0 aromatic carbocycles. The van der Waals surface area contributed by atoms with Crippen molar-refractivity contribution in [3.63, 3.8) is 0 Å². The van der Waals surface area contributed by atoms with Crippen molar-refractivity contribution < 1.29 is 19.4 Å². The summed E-state index contributed by atoms with van der Waals surface area (Å²) in [6.45, 7) is 0.0838. The number of carbonyl (C=O) groups is 2. The fraction of sp³-hybridized carbons (Fsp3) is 0.200. The Hall–Kier alpha value is -1.32. The lowest BCUT2D eigenvalue weighted by Crippen LogP contribution is -2.08. The second-order valence-corrected chi connectivity index (χ2v) is 1.52. The highest BCUT2D eigenvalue weighted by molar-refractivity contribution is 6.14. The summed E-state index contributed by atoms with van der Waals surface area (Å²) in [7, 11) is 0. The average Bonchev–Trinajstić information content (AvgIpc) is 2.13. The van der Waals surface area contributed by atoms with E-state index >= 15 is 0 Å². The zero-order valence-corrected chi connectivity index (χ0v) is 4.46. The van der Waals surface area contributed by atoms with E-state index in [-0.39, 0.29) is 12.2 Å². The molecule has 1 N–H and O–H groups in total. The molecular weight excluding hydrogens is 124 g/mol. The van der Waals surface area contributed by atoms with Crippen LogP contribution in [0.2, 0.25) is 0 Å². The maximum atomic E-state index is 10.3. The summed E-state index contributed by atoms with van der Waals surface area (Å²) in [5, 5.41) is 8.21. The van der Waals surface area contributed by atoms with E-state index in [1.807, 2.05) is 0 Å². The number of carboxylic acids is 1. The zero-order chi connectivity index (χ0) is 6.85. The van der Waals surface area contributed by atoms with Gasteiger partial charge in [-0.3, -0.25) is 0 Å². The van der Waals surface area contributed by atoms with Crippen LogP contribution in [0, 0.1) is 0 Å². The molecule has 0 fully saturated rings. The first-order chi connectivity index (χ1) is 4.22. The lowest BCUT2D eigenvalue weighted by Gasteiger charge is -1.88. The third-order valence-corrected chi connectivity index (χ3v) is 0.952. The van der Waals surface area contributed by atoms with E-state index in [4.69, 9.17) is 5.11 Å². The normalized spacial score (nSPS) is 16.9. The number of ether oxygens (including phenoxy) is 1. The summed E-state index contributed by atoms with van der Waals surface area (Å²) >= 11 is 0. The minimum atomic E-state index is -1.22. The summed E-state index contributed by atoms with van der Waals surface area (Å²) in [6.07, 6.45) is 1.24. The molecule has 0 unspecified atom stereocenters. The van der Waals surface area contributed by atoms with Crippen LogP contribution < -0.4 is 0 Å². The monoisotopic (exact) mass is 128 g/mol. The molecule has 4 heteroatoms. The van der Waals surface area contributed by atoms with Gasteiger partial charge in [0.25, 0.3) is 0 Å². The molecule has 0 amide bonds. The molecule has 0 aliphatic carbocycles. The van der Waals surface area contributed by atoms with E-state index in [0.717, 1.165) is 0 Å². The van der Waals surface area contributed by atoms with Crippen molar-refractivity contribution in [3.8, 4) is 0 Å². The highest BCUT2D eigenvalue weighted by atomic mass is 16.5. The minimum absolute atomic E-state index is 0.0838. The smallest absolute Gasteiger partial charge is 0.345 e. The molecule has 9 heavy (non-hydrogen) atoms. The van der Waals surface area contributed by atoms with Crippen molar-refractivity contribution in [1.82, 2.24) is 0 Å².